The lowest BCUT2D eigenvalue weighted by atomic mass is 10.1. The van der Waals surface area contributed by atoms with Crippen LogP contribution in [0.5, 0.6) is 0 Å². The minimum absolute atomic E-state index is 0.0171. The third kappa shape index (κ3) is 3.09. The minimum Gasteiger partial charge on any atom is -0.333 e. The predicted molar refractivity (Wildman–Crippen MR) is 101 cm³/mol. The molecule has 3 saturated heterocycles. The largest absolute Gasteiger partial charge is 0.333 e. The zero-order valence-electron chi connectivity index (χ0n) is 16.1. The molecule has 1 saturated carbocycles. The number of hydrogen-bond donors (Lipinski definition) is 1. The number of carbonyl (C=O) groups is 2. The quantitative estimate of drug-likeness (QED) is 0.779. The van der Waals surface area contributed by atoms with Crippen LogP contribution >= 0.6 is 0 Å². The first-order chi connectivity index (χ1) is 14.0. The molecule has 4 fully saturated rings. The molecule has 29 heavy (non-hydrogen) atoms. The Hall–Kier alpha value is -2.50. The Bertz CT molecular complexity index is 901. The van der Waals surface area contributed by atoms with Crippen LogP contribution in [0, 0.1) is 23.1 Å². The Morgan fingerprint density at radius 3 is 2.90 bits per heavy atom. The zero-order valence-corrected chi connectivity index (χ0v) is 16.1. The van der Waals surface area contributed by atoms with Gasteiger partial charge in [-0.25, -0.2) is 4.39 Å². The van der Waals surface area contributed by atoms with E-state index in [1.54, 1.807) is 11.0 Å². The fourth-order valence-corrected chi connectivity index (χ4v) is 5.39. The van der Waals surface area contributed by atoms with Crippen LogP contribution in [-0.4, -0.2) is 69.8 Å². The Kier molecular flexibility index (Phi) is 4.33. The highest BCUT2D eigenvalue weighted by Crippen LogP contribution is 2.47. The van der Waals surface area contributed by atoms with Crippen LogP contribution in [-0.2, 0) is 16.1 Å². The lowest BCUT2D eigenvalue weighted by Gasteiger charge is -2.35. The number of fused-ring (bicyclic) bond motifs is 3. The molecule has 2 N–H and O–H groups in total. The SMILES string of the molecule is N#C[C@@H]1C[C@@H]2C[C@@H]2N1C(=O)[C@@H](N)CN1C[C@H]2C[C@@H]1C(=O)N2Cc1cccc(F)c1. The second-order valence-corrected chi connectivity index (χ2v) is 8.75. The topological polar surface area (TPSA) is 93.7 Å². The van der Waals surface area contributed by atoms with Crippen LogP contribution in [0.4, 0.5) is 4.39 Å². The summed E-state index contributed by atoms with van der Waals surface area (Å²) in [5, 5.41) is 9.31. The van der Waals surface area contributed by atoms with Crippen molar-refractivity contribution in [3.8, 4) is 6.07 Å². The molecule has 8 heteroatoms. The summed E-state index contributed by atoms with van der Waals surface area (Å²) in [4.78, 5) is 31.2. The highest BCUT2D eigenvalue weighted by atomic mass is 19.1. The van der Waals surface area contributed by atoms with E-state index in [4.69, 9.17) is 5.73 Å². The fourth-order valence-electron chi connectivity index (χ4n) is 5.39. The number of amides is 2. The maximum Gasteiger partial charge on any atom is 0.242 e. The summed E-state index contributed by atoms with van der Waals surface area (Å²) in [5.41, 5.74) is 7.00. The maximum absolute atomic E-state index is 13.4. The van der Waals surface area contributed by atoms with Gasteiger partial charge in [0.15, 0.2) is 0 Å². The van der Waals surface area contributed by atoms with Crippen molar-refractivity contribution < 1.29 is 14.0 Å². The molecule has 6 atom stereocenters. The van der Waals surface area contributed by atoms with Gasteiger partial charge in [-0.15, -0.1) is 0 Å². The third-order valence-corrected chi connectivity index (χ3v) is 6.89. The lowest BCUT2D eigenvalue weighted by molar-refractivity contribution is -0.139. The van der Waals surface area contributed by atoms with Gasteiger partial charge in [-0.05, 0) is 42.9 Å². The first-order valence-corrected chi connectivity index (χ1v) is 10.2. The normalized spacial score (nSPS) is 33.7. The van der Waals surface area contributed by atoms with Crippen molar-refractivity contribution in [1.29, 1.82) is 5.26 Å². The van der Waals surface area contributed by atoms with Gasteiger partial charge in [0.2, 0.25) is 11.8 Å². The number of likely N-dealkylation sites (tertiary alicyclic amines) is 3. The summed E-state index contributed by atoms with van der Waals surface area (Å²) in [6.45, 7) is 1.39. The first kappa shape index (κ1) is 18.5. The molecule has 0 spiro atoms. The average Bonchev–Trinajstić information content (AvgIpc) is 3.04. The van der Waals surface area contributed by atoms with Crippen LogP contribution < -0.4 is 5.73 Å². The van der Waals surface area contributed by atoms with E-state index in [0.29, 0.717) is 32.0 Å². The Balaban J connectivity index is 1.21. The van der Waals surface area contributed by atoms with Gasteiger partial charge >= 0.3 is 0 Å². The van der Waals surface area contributed by atoms with E-state index in [0.717, 1.165) is 18.4 Å². The fraction of sp³-hybridized carbons (Fsp3) is 0.571. The minimum atomic E-state index is -0.728. The molecule has 1 aromatic rings. The number of rotatable bonds is 5. The van der Waals surface area contributed by atoms with Crippen molar-refractivity contribution in [1.82, 2.24) is 14.7 Å². The molecule has 1 aliphatic carbocycles. The van der Waals surface area contributed by atoms with Gasteiger partial charge in [-0.1, -0.05) is 12.1 Å². The van der Waals surface area contributed by atoms with E-state index >= 15 is 0 Å². The third-order valence-electron chi connectivity index (χ3n) is 6.89. The second kappa shape index (κ2) is 6.78. The van der Waals surface area contributed by atoms with E-state index in [9.17, 15) is 19.2 Å². The predicted octanol–water partition coefficient (Wildman–Crippen LogP) is 0.451. The number of halogens is 1. The summed E-state index contributed by atoms with van der Waals surface area (Å²) in [5.74, 6) is -0.00524. The van der Waals surface area contributed by atoms with Gasteiger partial charge in [0, 0.05) is 31.7 Å². The molecule has 1 aromatic carbocycles. The smallest absolute Gasteiger partial charge is 0.242 e. The van der Waals surface area contributed by atoms with Crippen LogP contribution in [0.1, 0.15) is 24.8 Å². The number of nitrogens with zero attached hydrogens (tertiary/aromatic N) is 4. The monoisotopic (exact) mass is 397 g/mol. The summed E-state index contributed by atoms with van der Waals surface area (Å²) < 4.78 is 13.4. The highest BCUT2D eigenvalue weighted by molar-refractivity contribution is 5.86. The molecular weight excluding hydrogens is 373 g/mol. The highest BCUT2D eigenvalue weighted by Gasteiger charge is 2.55. The number of nitriles is 1. The van der Waals surface area contributed by atoms with Gasteiger partial charge in [0.1, 0.15) is 11.9 Å². The van der Waals surface area contributed by atoms with E-state index in [1.165, 1.54) is 12.1 Å². The Morgan fingerprint density at radius 2 is 2.17 bits per heavy atom. The van der Waals surface area contributed by atoms with Gasteiger partial charge in [0.25, 0.3) is 0 Å². The molecule has 4 aliphatic rings. The van der Waals surface area contributed by atoms with Crippen molar-refractivity contribution >= 4 is 11.8 Å². The number of piperazine rings is 1. The molecule has 0 aromatic heterocycles. The molecular formula is C21H24FN5O2. The van der Waals surface area contributed by atoms with E-state index < -0.39 is 6.04 Å². The van der Waals surface area contributed by atoms with Crippen molar-refractivity contribution in [2.24, 2.45) is 11.7 Å². The van der Waals surface area contributed by atoms with E-state index in [1.807, 2.05) is 15.9 Å². The van der Waals surface area contributed by atoms with Crippen LogP contribution in [0.3, 0.4) is 0 Å². The molecule has 3 heterocycles. The van der Waals surface area contributed by atoms with Crippen molar-refractivity contribution in [3.05, 3.63) is 35.6 Å². The molecule has 2 bridgehead atoms. The van der Waals surface area contributed by atoms with Gasteiger partial charge in [-0.2, -0.15) is 5.26 Å². The van der Waals surface area contributed by atoms with E-state index in [-0.39, 0.29) is 41.8 Å². The number of piperidine rings is 1. The van der Waals surface area contributed by atoms with Gasteiger partial charge in [-0.3, -0.25) is 14.5 Å². The summed E-state index contributed by atoms with van der Waals surface area (Å²) >= 11 is 0. The summed E-state index contributed by atoms with van der Waals surface area (Å²) in [6, 6.07) is 7.41. The number of carbonyl (C=O) groups excluding carboxylic acids is 2. The molecule has 5 rings (SSSR count). The Labute approximate surface area is 168 Å². The summed E-state index contributed by atoms with van der Waals surface area (Å²) in [6.07, 6.45) is 2.43. The molecule has 152 valence electrons. The molecule has 0 radical (unpaired) electrons. The zero-order chi connectivity index (χ0) is 20.3. The Morgan fingerprint density at radius 1 is 1.34 bits per heavy atom. The maximum atomic E-state index is 13.4. The number of hydrogen-bond acceptors (Lipinski definition) is 5. The molecule has 7 nitrogen and oxygen atoms in total. The average molecular weight is 397 g/mol. The molecule has 0 unspecified atom stereocenters. The van der Waals surface area contributed by atoms with Crippen molar-refractivity contribution in [3.63, 3.8) is 0 Å². The van der Waals surface area contributed by atoms with E-state index in [2.05, 4.69) is 6.07 Å². The second-order valence-electron chi connectivity index (χ2n) is 8.75. The van der Waals surface area contributed by atoms with Gasteiger partial charge in [0.05, 0.1) is 18.2 Å². The summed E-state index contributed by atoms with van der Waals surface area (Å²) in [7, 11) is 0. The van der Waals surface area contributed by atoms with Crippen LogP contribution in [0.2, 0.25) is 0 Å². The molecule has 2 amide bonds. The van der Waals surface area contributed by atoms with Gasteiger partial charge < -0.3 is 15.5 Å². The number of benzene rings is 1. The first-order valence-electron chi connectivity index (χ1n) is 10.2. The van der Waals surface area contributed by atoms with Crippen LogP contribution in [0.25, 0.3) is 0 Å². The standard InChI is InChI=1S/C21H24FN5O2/c22-14-3-1-2-12(4-14)9-26-16-7-19(21(26)29)25(10-16)11-17(24)20(28)27-15(8-23)5-13-6-18(13)27/h1-4,13,15-19H,5-7,9-11,24H2/t13-,15+,16-,17+,18+,19-/m1/s1. The lowest BCUT2D eigenvalue weighted by Crippen LogP contribution is -2.56. The number of nitrogens with two attached hydrogens (primary N) is 1. The molecule has 3 aliphatic heterocycles. The van der Waals surface area contributed by atoms with Crippen LogP contribution in [0.15, 0.2) is 24.3 Å². The van der Waals surface area contributed by atoms with Crippen molar-refractivity contribution in [2.75, 3.05) is 13.1 Å². The van der Waals surface area contributed by atoms with Crippen molar-refractivity contribution in [2.45, 2.75) is 56.0 Å².